The minimum Gasteiger partial charge on any atom is -0.369 e. The van der Waals surface area contributed by atoms with E-state index in [0.717, 1.165) is 37.5 Å². The van der Waals surface area contributed by atoms with E-state index in [9.17, 15) is 20.2 Å². The molecule has 2 bridgehead atoms. The summed E-state index contributed by atoms with van der Waals surface area (Å²) >= 11 is 0. The Kier molecular flexibility index (Phi) is 3.72. The Hall–Kier alpha value is -2.55. The van der Waals surface area contributed by atoms with Crippen molar-refractivity contribution in [3.05, 3.63) is 38.4 Å². The number of anilines is 1. The van der Waals surface area contributed by atoms with Crippen LogP contribution in [0.2, 0.25) is 0 Å². The number of ether oxygens (including phenoxy) is 1. The van der Waals surface area contributed by atoms with Gasteiger partial charge in [-0.25, -0.2) is 0 Å². The minimum absolute atomic E-state index is 0.0247. The third-order valence-corrected chi connectivity index (χ3v) is 3.91. The van der Waals surface area contributed by atoms with Crippen molar-refractivity contribution in [3.63, 3.8) is 0 Å². The van der Waals surface area contributed by atoms with Gasteiger partial charge in [0, 0.05) is 6.07 Å². The number of hydrogen-bond acceptors (Lipinski definition) is 7. The summed E-state index contributed by atoms with van der Waals surface area (Å²) in [7, 11) is 0. The van der Waals surface area contributed by atoms with E-state index in [2.05, 4.69) is 10.5 Å². The van der Waals surface area contributed by atoms with Gasteiger partial charge in [-0.2, -0.15) is 5.10 Å². The molecule has 2 aliphatic rings. The fraction of sp³-hybridized carbons (Fsp3) is 0.462. The molecule has 0 spiro atoms. The van der Waals surface area contributed by atoms with Crippen molar-refractivity contribution >= 4 is 22.8 Å². The van der Waals surface area contributed by atoms with E-state index in [1.807, 2.05) is 0 Å². The largest absolute Gasteiger partial charge is 0.369 e. The summed E-state index contributed by atoms with van der Waals surface area (Å²) in [5.74, 6) is 0. The number of fused-ring (bicyclic) bond motifs is 2. The van der Waals surface area contributed by atoms with Crippen LogP contribution in [-0.2, 0) is 4.74 Å². The maximum absolute atomic E-state index is 11.0. The summed E-state index contributed by atoms with van der Waals surface area (Å²) < 4.78 is 5.73. The van der Waals surface area contributed by atoms with E-state index in [1.54, 1.807) is 0 Å². The van der Waals surface area contributed by atoms with Crippen LogP contribution in [0.1, 0.15) is 25.7 Å². The fourth-order valence-electron chi connectivity index (χ4n) is 2.77. The summed E-state index contributed by atoms with van der Waals surface area (Å²) in [5, 5.41) is 26.0. The molecule has 0 aliphatic carbocycles. The van der Waals surface area contributed by atoms with Crippen molar-refractivity contribution in [2.24, 2.45) is 5.10 Å². The van der Waals surface area contributed by atoms with Crippen LogP contribution in [0, 0.1) is 20.2 Å². The molecule has 0 saturated carbocycles. The topological polar surface area (TPSA) is 120 Å². The van der Waals surface area contributed by atoms with Crippen LogP contribution < -0.4 is 5.43 Å². The Bertz CT molecular complexity index is 660. The van der Waals surface area contributed by atoms with Gasteiger partial charge in [0.15, 0.2) is 0 Å². The van der Waals surface area contributed by atoms with Crippen LogP contribution in [-0.4, -0.2) is 27.8 Å². The molecule has 0 amide bonds. The first-order chi connectivity index (χ1) is 10.5. The Morgan fingerprint density at radius 3 is 2.73 bits per heavy atom. The molecule has 3 rings (SSSR count). The standard InChI is InChI=1S/C13H14N4O5/c18-16(19)8-1-4-10(12(7-8)17(20)21)14-15-11-5-2-9-3-6-13(11)22-9/h1,4,7,9,13-14H,2-3,5-6H2/b15-11-/t9-,13-/m1/s1. The molecule has 9 nitrogen and oxygen atoms in total. The molecule has 9 heteroatoms. The molecule has 1 aromatic carbocycles. The highest BCUT2D eigenvalue weighted by Gasteiger charge is 2.34. The van der Waals surface area contributed by atoms with Crippen LogP contribution >= 0.6 is 0 Å². The number of nitro benzene ring substituents is 2. The molecule has 2 fully saturated rings. The Morgan fingerprint density at radius 2 is 2.00 bits per heavy atom. The lowest BCUT2D eigenvalue weighted by molar-refractivity contribution is -0.393. The van der Waals surface area contributed by atoms with Gasteiger partial charge in [0.2, 0.25) is 0 Å². The predicted molar refractivity (Wildman–Crippen MR) is 77.9 cm³/mol. The zero-order chi connectivity index (χ0) is 15.7. The highest BCUT2D eigenvalue weighted by atomic mass is 16.6. The number of rotatable bonds is 4. The second-order valence-electron chi connectivity index (χ2n) is 5.29. The van der Waals surface area contributed by atoms with Gasteiger partial charge in [0.25, 0.3) is 5.69 Å². The molecular weight excluding hydrogens is 292 g/mol. The number of nitrogens with zero attached hydrogens (tertiary/aromatic N) is 3. The molecule has 0 unspecified atom stereocenters. The second kappa shape index (κ2) is 5.68. The van der Waals surface area contributed by atoms with E-state index in [1.165, 1.54) is 12.1 Å². The highest BCUT2D eigenvalue weighted by Crippen LogP contribution is 2.32. The minimum atomic E-state index is -0.670. The first kappa shape index (κ1) is 14.4. The summed E-state index contributed by atoms with van der Waals surface area (Å²) in [6.07, 6.45) is 3.90. The van der Waals surface area contributed by atoms with E-state index >= 15 is 0 Å². The number of nitro groups is 2. The molecule has 0 aromatic heterocycles. The predicted octanol–water partition coefficient (Wildman–Crippen LogP) is 2.61. The number of nitrogens with one attached hydrogen (secondary N) is 1. The molecule has 1 aromatic rings. The van der Waals surface area contributed by atoms with Crippen molar-refractivity contribution < 1.29 is 14.6 Å². The lowest BCUT2D eigenvalue weighted by Gasteiger charge is -2.21. The van der Waals surface area contributed by atoms with E-state index in [-0.39, 0.29) is 23.2 Å². The Balaban J connectivity index is 1.82. The van der Waals surface area contributed by atoms with E-state index in [4.69, 9.17) is 4.74 Å². The van der Waals surface area contributed by atoms with Crippen LogP contribution in [0.3, 0.4) is 0 Å². The number of hydrogen-bond donors (Lipinski definition) is 1. The zero-order valence-electron chi connectivity index (χ0n) is 11.6. The van der Waals surface area contributed by atoms with Crippen LogP contribution in [0.5, 0.6) is 0 Å². The average Bonchev–Trinajstić information content (AvgIpc) is 2.88. The third-order valence-electron chi connectivity index (χ3n) is 3.91. The van der Waals surface area contributed by atoms with Gasteiger partial charge in [0.1, 0.15) is 5.69 Å². The molecule has 116 valence electrons. The summed E-state index contributed by atoms with van der Waals surface area (Å²) in [6, 6.07) is 3.42. The molecule has 2 heterocycles. The van der Waals surface area contributed by atoms with Crippen molar-refractivity contribution in [2.45, 2.75) is 37.9 Å². The Labute approximate surface area is 125 Å². The normalized spacial score (nSPS) is 25.2. The van der Waals surface area contributed by atoms with Gasteiger partial charge in [-0.3, -0.25) is 25.7 Å². The fourth-order valence-corrected chi connectivity index (χ4v) is 2.77. The second-order valence-corrected chi connectivity index (χ2v) is 5.29. The van der Waals surface area contributed by atoms with E-state index < -0.39 is 9.85 Å². The first-order valence-corrected chi connectivity index (χ1v) is 6.95. The molecular formula is C13H14N4O5. The number of hydrazone groups is 1. The van der Waals surface area contributed by atoms with Crippen molar-refractivity contribution in [2.75, 3.05) is 5.43 Å². The third kappa shape index (κ3) is 2.75. The van der Waals surface area contributed by atoms with Gasteiger partial charge in [0.05, 0.1) is 33.8 Å². The van der Waals surface area contributed by atoms with Gasteiger partial charge in [-0.1, -0.05) is 0 Å². The molecule has 2 saturated heterocycles. The van der Waals surface area contributed by atoms with Crippen LogP contribution in [0.4, 0.5) is 17.1 Å². The van der Waals surface area contributed by atoms with Gasteiger partial charge in [-0.15, -0.1) is 0 Å². The van der Waals surface area contributed by atoms with Gasteiger partial charge in [-0.05, 0) is 31.7 Å². The molecule has 1 N–H and O–H groups in total. The van der Waals surface area contributed by atoms with Gasteiger partial charge >= 0.3 is 5.69 Å². The maximum atomic E-state index is 11.0. The Morgan fingerprint density at radius 1 is 1.18 bits per heavy atom. The van der Waals surface area contributed by atoms with Crippen LogP contribution in [0.25, 0.3) is 0 Å². The highest BCUT2D eigenvalue weighted by molar-refractivity contribution is 5.90. The summed E-state index contributed by atoms with van der Waals surface area (Å²) in [6.45, 7) is 0. The smallest absolute Gasteiger partial charge is 0.301 e. The van der Waals surface area contributed by atoms with Crippen molar-refractivity contribution in [1.82, 2.24) is 0 Å². The SMILES string of the molecule is O=[N+]([O-])c1ccc(N/N=C2/CC[C@@H]3CC[C@H]2O3)c([N+](=O)[O-])c1. The van der Waals surface area contributed by atoms with Crippen molar-refractivity contribution in [1.29, 1.82) is 0 Å². The van der Waals surface area contributed by atoms with Crippen LogP contribution in [0.15, 0.2) is 23.3 Å². The molecule has 0 radical (unpaired) electrons. The van der Waals surface area contributed by atoms with E-state index in [0.29, 0.717) is 6.10 Å². The summed E-state index contributed by atoms with van der Waals surface area (Å²) in [4.78, 5) is 20.4. The monoisotopic (exact) mass is 306 g/mol. The first-order valence-electron chi connectivity index (χ1n) is 6.95. The molecule has 22 heavy (non-hydrogen) atoms. The average molecular weight is 306 g/mol. The summed E-state index contributed by atoms with van der Waals surface area (Å²) in [5.41, 5.74) is 2.92. The lowest BCUT2D eigenvalue weighted by Crippen LogP contribution is -2.28. The lowest BCUT2D eigenvalue weighted by atomic mass is 10.1. The zero-order valence-corrected chi connectivity index (χ0v) is 11.6. The molecule has 2 atom stereocenters. The number of non-ortho nitro benzene ring substituents is 1. The number of benzene rings is 1. The quantitative estimate of drug-likeness (QED) is 0.674. The maximum Gasteiger partial charge on any atom is 0.301 e. The van der Waals surface area contributed by atoms with Crippen molar-refractivity contribution in [3.8, 4) is 0 Å². The van der Waals surface area contributed by atoms with Gasteiger partial charge < -0.3 is 4.74 Å². The molecule has 2 aliphatic heterocycles.